The van der Waals surface area contributed by atoms with Gasteiger partial charge in [0.2, 0.25) is 15.9 Å². The van der Waals surface area contributed by atoms with Gasteiger partial charge in [-0.3, -0.25) is 25.4 Å². The predicted octanol–water partition coefficient (Wildman–Crippen LogP) is 5.00. The summed E-state index contributed by atoms with van der Waals surface area (Å²) in [4.78, 5) is 29.0. The number of nitrogens with one attached hydrogen (secondary N) is 3. The van der Waals surface area contributed by atoms with Crippen molar-refractivity contribution in [2.45, 2.75) is 89.9 Å². The highest BCUT2D eigenvalue weighted by atomic mass is 32.2. The van der Waals surface area contributed by atoms with E-state index >= 15 is 0 Å². The Bertz CT molecular complexity index is 1190. The molecule has 1 aromatic heterocycles. The summed E-state index contributed by atoms with van der Waals surface area (Å²) in [6, 6.07) is 7.37. The Kier molecular flexibility index (Phi) is 10.1. The summed E-state index contributed by atoms with van der Waals surface area (Å²) in [7, 11) is -3.71. The van der Waals surface area contributed by atoms with Gasteiger partial charge in [-0.2, -0.15) is 0 Å². The topological polar surface area (TPSA) is 117 Å². The Balaban J connectivity index is 1.60. The lowest BCUT2D eigenvalue weighted by molar-refractivity contribution is -0.127. The first kappa shape index (κ1) is 29.8. The molecule has 2 amide bonds. The fourth-order valence-electron chi connectivity index (χ4n) is 4.92. The molecular formula is C29H42N4O4S. The van der Waals surface area contributed by atoms with Crippen LogP contribution in [-0.2, 0) is 14.8 Å². The van der Waals surface area contributed by atoms with Crippen LogP contribution in [0.3, 0.4) is 0 Å². The van der Waals surface area contributed by atoms with E-state index in [-0.39, 0.29) is 29.6 Å². The first-order valence-corrected chi connectivity index (χ1v) is 15.1. The zero-order valence-electron chi connectivity index (χ0n) is 23.4. The number of benzene rings is 1. The summed E-state index contributed by atoms with van der Waals surface area (Å²) in [5.74, 6) is -0.256. The van der Waals surface area contributed by atoms with Crippen LogP contribution in [0.5, 0.6) is 0 Å². The van der Waals surface area contributed by atoms with Crippen LogP contribution in [0.25, 0.3) is 0 Å². The molecule has 0 radical (unpaired) electrons. The van der Waals surface area contributed by atoms with Crippen molar-refractivity contribution < 1.29 is 18.0 Å². The van der Waals surface area contributed by atoms with E-state index in [0.29, 0.717) is 35.8 Å². The average Bonchev–Trinajstić information content (AvgIpc) is 2.90. The van der Waals surface area contributed by atoms with E-state index in [1.807, 2.05) is 39.8 Å². The molecule has 1 aromatic carbocycles. The maximum absolute atomic E-state index is 13.6. The van der Waals surface area contributed by atoms with E-state index in [4.69, 9.17) is 0 Å². The number of hydrazine groups is 1. The van der Waals surface area contributed by atoms with E-state index in [0.717, 1.165) is 29.5 Å². The molecule has 1 fully saturated rings. The Morgan fingerprint density at radius 3 is 2.03 bits per heavy atom. The fraction of sp³-hybridized carbons (Fsp3) is 0.552. The number of carbonyl (C=O) groups is 2. The van der Waals surface area contributed by atoms with Gasteiger partial charge in [0.05, 0.1) is 10.5 Å². The average molecular weight is 543 g/mol. The lowest BCUT2D eigenvalue weighted by Gasteiger charge is -2.28. The smallest absolute Gasteiger partial charge is 0.271 e. The van der Waals surface area contributed by atoms with E-state index in [1.54, 1.807) is 18.3 Å². The van der Waals surface area contributed by atoms with Crippen LogP contribution in [0.1, 0.15) is 112 Å². The highest BCUT2D eigenvalue weighted by Gasteiger charge is 2.30. The molecule has 8 nitrogen and oxygen atoms in total. The van der Waals surface area contributed by atoms with Gasteiger partial charge in [-0.25, -0.2) is 13.1 Å². The number of amides is 2. The molecule has 0 bridgehead atoms. The van der Waals surface area contributed by atoms with Gasteiger partial charge in [0.25, 0.3) is 5.91 Å². The molecule has 0 spiro atoms. The highest BCUT2D eigenvalue weighted by Crippen LogP contribution is 2.35. The van der Waals surface area contributed by atoms with Crippen LogP contribution in [0.2, 0.25) is 0 Å². The second-order valence-corrected chi connectivity index (χ2v) is 13.0. The van der Waals surface area contributed by atoms with Crippen LogP contribution in [0.15, 0.2) is 41.6 Å². The van der Waals surface area contributed by atoms with Crippen molar-refractivity contribution in [1.82, 2.24) is 20.6 Å². The first-order chi connectivity index (χ1) is 17.9. The van der Waals surface area contributed by atoms with Crippen molar-refractivity contribution in [1.29, 1.82) is 0 Å². The van der Waals surface area contributed by atoms with Crippen LogP contribution in [0.4, 0.5) is 0 Å². The van der Waals surface area contributed by atoms with Crippen molar-refractivity contribution >= 4 is 21.8 Å². The number of pyridine rings is 1. The lowest BCUT2D eigenvalue weighted by atomic mass is 9.82. The van der Waals surface area contributed by atoms with E-state index in [1.165, 1.54) is 6.20 Å². The third-order valence-corrected chi connectivity index (χ3v) is 8.91. The molecule has 0 atom stereocenters. The van der Waals surface area contributed by atoms with Gasteiger partial charge in [0.15, 0.2) is 0 Å². The summed E-state index contributed by atoms with van der Waals surface area (Å²) < 4.78 is 30.1. The zero-order chi connectivity index (χ0) is 28.0. The van der Waals surface area contributed by atoms with Crippen LogP contribution >= 0.6 is 0 Å². The minimum Gasteiger partial charge on any atom is -0.273 e. The van der Waals surface area contributed by atoms with Gasteiger partial charge in [0, 0.05) is 24.9 Å². The lowest BCUT2D eigenvalue weighted by Crippen LogP contribution is -2.45. The van der Waals surface area contributed by atoms with E-state index in [2.05, 4.69) is 34.4 Å². The van der Waals surface area contributed by atoms with Gasteiger partial charge >= 0.3 is 0 Å². The molecule has 3 N–H and O–H groups in total. The summed E-state index contributed by atoms with van der Waals surface area (Å²) in [6.07, 6.45) is 5.75. The van der Waals surface area contributed by atoms with Crippen molar-refractivity contribution in [2.75, 3.05) is 6.54 Å². The molecule has 1 heterocycles. The molecule has 0 unspecified atom stereocenters. The van der Waals surface area contributed by atoms with Crippen molar-refractivity contribution in [3.8, 4) is 0 Å². The normalized spacial score (nSPS) is 18.1. The van der Waals surface area contributed by atoms with E-state index in [9.17, 15) is 18.0 Å². The standard InChI is InChI=1S/C29H42N4O4S/c1-18(2)24-14-25(19(3)4)27(26(15-24)20(5)6)38(36,37)31-16-21-9-11-22(12-10-21)28(34)32-33-29(35)23-8-7-13-30-17-23/h7-8,13-15,17-22,31H,9-12,16H2,1-6H3,(H,32,34)(H,33,35). The summed E-state index contributed by atoms with van der Waals surface area (Å²) in [6.45, 7) is 12.7. The Morgan fingerprint density at radius 2 is 1.53 bits per heavy atom. The van der Waals surface area contributed by atoms with Crippen molar-refractivity contribution in [3.63, 3.8) is 0 Å². The zero-order valence-corrected chi connectivity index (χ0v) is 24.2. The molecule has 2 aromatic rings. The van der Waals surface area contributed by atoms with Crippen LogP contribution in [0, 0.1) is 11.8 Å². The molecule has 38 heavy (non-hydrogen) atoms. The molecule has 1 aliphatic carbocycles. The third-order valence-electron chi connectivity index (χ3n) is 7.35. The number of hydrogen-bond acceptors (Lipinski definition) is 5. The Morgan fingerprint density at radius 1 is 0.921 bits per heavy atom. The van der Waals surface area contributed by atoms with Crippen LogP contribution < -0.4 is 15.6 Å². The second-order valence-electron chi connectivity index (χ2n) is 11.2. The van der Waals surface area contributed by atoms with Gasteiger partial charge < -0.3 is 0 Å². The predicted molar refractivity (Wildman–Crippen MR) is 149 cm³/mol. The summed E-state index contributed by atoms with van der Waals surface area (Å²) in [5, 5.41) is 0. The maximum atomic E-state index is 13.6. The fourth-order valence-corrected chi connectivity index (χ4v) is 6.73. The largest absolute Gasteiger partial charge is 0.273 e. The van der Waals surface area contributed by atoms with Gasteiger partial charge in [-0.15, -0.1) is 0 Å². The number of hydrogen-bond donors (Lipinski definition) is 3. The van der Waals surface area contributed by atoms with E-state index < -0.39 is 15.9 Å². The summed E-state index contributed by atoms with van der Waals surface area (Å²) >= 11 is 0. The first-order valence-electron chi connectivity index (χ1n) is 13.6. The Hall–Kier alpha value is -2.78. The molecule has 0 saturated heterocycles. The Labute approximate surface area is 227 Å². The molecular weight excluding hydrogens is 500 g/mol. The third kappa shape index (κ3) is 7.41. The number of carbonyl (C=O) groups excluding carboxylic acids is 2. The van der Waals surface area contributed by atoms with Gasteiger partial charge in [-0.05, 0) is 78.2 Å². The molecule has 3 rings (SSSR count). The molecule has 0 aliphatic heterocycles. The molecule has 1 aliphatic rings. The monoisotopic (exact) mass is 542 g/mol. The van der Waals surface area contributed by atoms with Crippen molar-refractivity contribution in [2.24, 2.45) is 11.8 Å². The van der Waals surface area contributed by atoms with Crippen molar-refractivity contribution in [3.05, 3.63) is 58.9 Å². The van der Waals surface area contributed by atoms with Crippen LogP contribution in [-0.4, -0.2) is 31.8 Å². The highest BCUT2D eigenvalue weighted by molar-refractivity contribution is 7.89. The second kappa shape index (κ2) is 12.8. The van der Waals surface area contributed by atoms with Gasteiger partial charge in [0.1, 0.15) is 0 Å². The minimum absolute atomic E-state index is 0.0744. The SMILES string of the molecule is CC(C)c1cc(C(C)C)c(S(=O)(=O)NCC2CCC(C(=O)NNC(=O)c3cccnc3)CC2)c(C(C)C)c1. The van der Waals surface area contributed by atoms with Gasteiger partial charge in [-0.1, -0.05) is 53.7 Å². The maximum Gasteiger partial charge on any atom is 0.271 e. The number of aromatic nitrogens is 1. The molecule has 208 valence electrons. The quantitative estimate of drug-likeness (QED) is 0.386. The number of rotatable bonds is 9. The minimum atomic E-state index is -3.71. The number of sulfonamides is 1. The molecule has 1 saturated carbocycles. The summed E-state index contributed by atoms with van der Waals surface area (Å²) in [5.41, 5.74) is 8.20. The number of nitrogens with zero attached hydrogens (tertiary/aromatic N) is 1. The molecule has 9 heteroatoms.